The first kappa shape index (κ1) is 21.6. The van der Waals surface area contributed by atoms with Gasteiger partial charge >= 0.3 is 0 Å². The Morgan fingerprint density at radius 3 is 2.84 bits per heavy atom. The van der Waals surface area contributed by atoms with Crippen LogP contribution in [0.5, 0.6) is 0 Å². The summed E-state index contributed by atoms with van der Waals surface area (Å²) in [5.74, 6) is -1.30. The molecule has 2 aromatic rings. The third kappa shape index (κ3) is 4.41. The summed E-state index contributed by atoms with van der Waals surface area (Å²) in [6.07, 6.45) is 3.94. The summed E-state index contributed by atoms with van der Waals surface area (Å²) < 4.78 is 0. The molecule has 10 heteroatoms. The second-order valence-corrected chi connectivity index (χ2v) is 8.67. The molecule has 31 heavy (non-hydrogen) atoms. The van der Waals surface area contributed by atoms with E-state index in [1.807, 2.05) is 0 Å². The van der Waals surface area contributed by atoms with Gasteiger partial charge in [-0.3, -0.25) is 19.4 Å². The van der Waals surface area contributed by atoms with E-state index in [1.54, 1.807) is 12.1 Å². The van der Waals surface area contributed by atoms with Gasteiger partial charge in [0.05, 0.1) is 22.2 Å². The van der Waals surface area contributed by atoms with Crippen LogP contribution in [-0.4, -0.2) is 34.4 Å². The highest BCUT2D eigenvalue weighted by Gasteiger charge is 2.36. The fraction of sp³-hybridized carbons (Fsp3) is 0.429. The van der Waals surface area contributed by atoms with Crippen LogP contribution in [0.1, 0.15) is 50.5 Å². The number of rotatable bonds is 4. The minimum absolute atomic E-state index is 0.137. The van der Waals surface area contributed by atoms with Crippen molar-refractivity contribution >= 4 is 52.5 Å². The molecule has 2 aliphatic rings. The van der Waals surface area contributed by atoms with E-state index in [9.17, 15) is 14.4 Å². The molecule has 3 heterocycles. The smallest absolute Gasteiger partial charge is 0.258 e. The number of carbonyl (C=O) groups excluding carboxylic acids is 2. The van der Waals surface area contributed by atoms with Crippen LogP contribution in [0.25, 0.3) is 0 Å². The number of nitrogens with one attached hydrogen (secondary N) is 3. The molecular formula is C21H23Cl2N5O3. The number of amides is 2. The third-order valence-electron chi connectivity index (χ3n) is 5.81. The van der Waals surface area contributed by atoms with E-state index in [2.05, 4.69) is 32.4 Å². The lowest BCUT2D eigenvalue weighted by molar-refractivity contribution is -0.123. The van der Waals surface area contributed by atoms with Crippen LogP contribution in [0, 0.1) is 0 Å². The SMILES string of the molecule is CC[C@H]1CCCCN1c1nc2c(c(=O)[nH]1)[C@H](C(=O)Nc1ccc(Cl)cc1Cl)CC(=O)N2. The van der Waals surface area contributed by atoms with Gasteiger partial charge in [0.1, 0.15) is 5.82 Å². The lowest BCUT2D eigenvalue weighted by atomic mass is 9.92. The second-order valence-electron chi connectivity index (χ2n) is 7.82. The van der Waals surface area contributed by atoms with Gasteiger partial charge in [-0.25, -0.2) is 0 Å². The highest BCUT2D eigenvalue weighted by Crippen LogP contribution is 2.33. The molecule has 4 rings (SSSR count). The number of piperidine rings is 1. The molecule has 1 saturated heterocycles. The minimum Gasteiger partial charge on any atom is -0.339 e. The van der Waals surface area contributed by atoms with E-state index in [-0.39, 0.29) is 34.8 Å². The number of hydrogen-bond donors (Lipinski definition) is 3. The minimum atomic E-state index is -0.982. The maximum Gasteiger partial charge on any atom is 0.258 e. The number of nitrogens with zero attached hydrogens (tertiary/aromatic N) is 2. The molecule has 1 fully saturated rings. The molecule has 164 valence electrons. The Bertz CT molecular complexity index is 1090. The summed E-state index contributed by atoms with van der Waals surface area (Å²) >= 11 is 12.0. The molecule has 0 bridgehead atoms. The van der Waals surface area contributed by atoms with Crippen molar-refractivity contribution in [2.24, 2.45) is 0 Å². The zero-order chi connectivity index (χ0) is 22.1. The van der Waals surface area contributed by atoms with Crippen LogP contribution in [0.15, 0.2) is 23.0 Å². The molecule has 0 saturated carbocycles. The first-order valence-electron chi connectivity index (χ1n) is 10.3. The van der Waals surface area contributed by atoms with Crippen molar-refractivity contribution in [3.05, 3.63) is 44.2 Å². The van der Waals surface area contributed by atoms with Crippen LogP contribution < -0.4 is 21.1 Å². The quantitative estimate of drug-likeness (QED) is 0.636. The second kappa shape index (κ2) is 8.88. The molecule has 2 amide bonds. The van der Waals surface area contributed by atoms with Crippen molar-refractivity contribution < 1.29 is 9.59 Å². The van der Waals surface area contributed by atoms with Gasteiger partial charge in [-0.1, -0.05) is 30.1 Å². The number of fused-ring (bicyclic) bond motifs is 1. The number of anilines is 3. The number of halogens is 2. The van der Waals surface area contributed by atoms with E-state index in [1.165, 1.54) is 6.07 Å². The predicted molar refractivity (Wildman–Crippen MR) is 121 cm³/mol. The number of benzene rings is 1. The van der Waals surface area contributed by atoms with Crippen molar-refractivity contribution in [3.8, 4) is 0 Å². The van der Waals surface area contributed by atoms with Crippen LogP contribution in [0.2, 0.25) is 10.0 Å². The summed E-state index contributed by atoms with van der Waals surface area (Å²) in [5, 5.41) is 6.05. The van der Waals surface area contributed by atoms with Gasteiger partial charge in [-0.2, -0.15) is 4.98 Å². The number of carbonyl (C=O) groups is 2. The Morgan fingerprint density at radius 1 is 1.29 bits per heavy atom. The molecule has 0 aliphatic carbocycles. The van der Waals surface area contributed by atoms with Gasteiger partial charge in [-0.15, -0.1) is 0 Å². The zero-order valence-corrected chi connectivity index (χ0v) is 18.5. The van der Waals surface area contributed by atoms with E-state index < -0.39 is 17.4 Å². The van der Waals surface area contributed by atoms with Crippen molar-refractivity contribution in [3.63, 3.8) is 0 Å². The molecular weight excluding hydrogens is 441 g/mol. The molecule has 0 radical (unpaired) electrons. The van der Waals surface area contributed by atoms with Gasteiger partial charge in [0.2, 0.25) is 17.8 Å². The van der Waals surface area contributed by atoms with E-state index in [0.717, 1.165) is 32.2 Å². The van der Waals surface area contributed by atoms with Gasteiger partial charge in [0.25, 0.3) is 5.56 Å². The number of aromatic nitrogens is 2. The molecule has 2 atom stereocenters. The topological polar surface area (TPSA) is 107 Å². The Hall–Kier alpha value is -2.58. The summed E-state index contributed by atoms with van der Waals surface area (Å²) in [6, 6.07) is 4.94. The molecule has 8 nitrogen and oxygen atoms in total. The summed E-state index contributed by atoms with van der Waals surface area (Å²) in [5.41, 5.74) is 0.0717. The average molecular weight is 464 g/mol. The number of H-pyrrole nitrogens is 1. The third-order valence-corrected chi connectivity index (χ3v) is 6.36. The first-order valence-corrected chi connectivity index (χ1v) is 11.1. The number of hydrogen-bond acceptors (Lipinski definition) is 5. The molecule has 2 aliphatic heterocycles. The van der Waals surface area contributed by atoms with Crippen molar-refractivity contribution in [1.29, 1.82) is 0 Å². The van der Waals surface area contributed by atoms with E-state index >= 15 is 0 Å². The molecule has 3 N–H and O–H groups in total. The molecule has 0 spiro atoms. The lowest BCUT2D eigenvalue weighted by Crippen LogP contribution is -2.43. The van der Waals surface area contributed by atoms with Crippen LogP contribution in [0.3, 0.4) is 0 Å². The highest BCUT2D eigenvalue weighted by molar-refractivity contribution is 6.36. The summed E-state index contributed by atoms with van der Waals surface area (Å²) in [4.78, 5) is 47.8. The van der Waals surface area contributed by atoms with E-state index in [0.29, 0.717) is 16.7 Å². The normalized spacial score (nSPS) is 20.7. The van der Waals surface area contributed by atoms with Crippen LogP contribution >= 0.6 is 23.2 Å². The predicted octanol–water partition coefficient (Wildman–Crippen LogP) is 3.91. The highest BCUT2D eigenvalue weighted by atomic mass is 35.5. The Balaban J connectivity index is 1.66. The van der Waals surface area contributed by atoms with E-state index in [4.69, 9.17) is 23.2 Å². The first-order chi connectivity index (χ1) is 14.9. The average Bonchev–Trinajstić information content (AvgIpc) is 2.74. The Labute approximate surface area is 189 Å². The Morgan fingerprint density at radius 2 is 2.10 bits per heavy atom. The summed E-state index contributed by atoms with van der Waals surface area (Å²) in [7, 11) is 0. The molecule has 1 aromatic heterocycles. The van der Waals surface area contributed by atoms with Crippen LogP contribution in [0.4, 0.5) is 17.5 Å². The Kier molecular flexibility index (Phi) is 6.20. The van der Waals surface area contributed by atoms with Crippen molar-refractivity contribution in [2.45, 2.75) is 51.0 Å². The summed E-state index contributed by atoms with van der Waals surface area (Å²) in [6.45, 7) is 2.89. The fourth-order valence-corrected chi connectivity index (χ4v) is 4.69. The zero-order valence-electron chi connectivity index (χ0n) is 17.0. The maximum atomic E-state index is 13.0. The van der Waals surface area contributed by atoms with Gasteiger partial charge in [-0.05, 0) is 43.9 Å². The van der Waals surface area contributed by atoms with Gasteiger partial charge < -0.3 is 15.5 Å². The van der Waals surface area contributed by atoms with Crippen LogP contribution in [-0.2, 0) is 9.59 Å². The van der Waals surface area contributed by atoms with Gasteiger partial charge in [0, 0.05) is 24.0 Å². The molecule has 1 aromatic carbocycles. The van der Waals surface area contributed by atoms with Crippen molar-refractivity contribution in [2.75, 3.05) is 22.1 Å². The van der Waals surface area contributed by atoms with Crippen molar-refractivity contribution in [1.82, 2.24) is 9.97 Å². The lowest BCUT2D eigenvalue weighted by Gasteiger charge is -2.36. The number of aromatic amines is 1. The standard InChI is InChI=1S/C21H23Cl2N5O3/c1-2-12-5-3-4-8-28(12)21-26-18-17(20(31)27-21)13(10-16(29)25-18)19(30)24-15-7-6-11(22)9-14(15)23/h6-7,9,12-13H,2-5,8,10H2,1H3,(H,24,30)(H2,25,26,27,29,31)/t12-,13+/m0/s1. The monoisotopic (exact) mass is 463 g/mol. The molecule has 0 unspecified atom stereocenters. The largest absolute Gasteiger partial charge is 0.339 e. The fourth-order valence-electron chi connectivity index (χ4n) is 4.23. The van der Waals surface area contributed by atoms with Gasteiger partial charge in [0.15, 0.2) is 0 Å². The maximum absolute atomic E-state index is 13.0.